The number of benzene rings is 10. The smallest absolute Gasteiger partial charge is 0.194 e. The molecule has 2 aliphatic carbocycles. The Kier molecular flexibility index (Phi) is 8.13. The molecule has 3 aliphatic rings. The van der Waals surface area contributed by atoms with Crippen molar-refractivity contribution in [1.29, 1.82) is 0 Å². The van der Waals surface area contributed by atoms with Gasteiger partial charge in [0.1, 0.15) is 0 Å². The first-order valence-electron chi connectivity index (χ1n) is 21.9. The third kappa shape index (κ3) is 5.28. The Hall–Kier alpha value is -8.40. The highest BCUT2D eigenvalue weighted by Crippen LogP contribution is 2.67. The quantitative estimate of drug-likeness (QED) is 0.167. The van der Waals surface area contributed by atoms with Crippen LogP contribution in [-0.2, 0) is 5.41 Å². The van der Waals surface area contributed by atoms with Crippen LogP contribution < -0.4 is 14.4 Å². The second-order valence-electron chi connectivity index (χ2n) is 16.7. The van der Waals surface area contributed by atoms with Crippen LogP contribution in [0.3, 0.4) is 0 Å². The van der Waals surface area contributed by atoms with E-state index in [2.05, 4.69) is 235 Å². The molecule has 0 fully saturated rings. The molecule has 64 heavy (non-hydrogen) atoms. The molecular formula is C61H39NO2. The lowest BCUT2D eigenvalue weighted by Gasteiger charge is -2.33. The predicted molar refractivity (Wildman–Crippen MR) is 260 cm³/mol. The van der Waals surface area contributed by atoms with Crippen molar-refractivity contribution in [2.24, 2.45) is 0 Å². The van der Waals surface area contributed by atoms with Crippen LogP contribution in [0.25, 0.3) is 55.6 Å². The summed E-state index contributed by atoms with van der Waals surface area (Å²) in [7, 11) is 0. The van der Waals surface area contributed by atoms with E-state index in [1.165, 1.54) is 33.4 Å². The van der Waals surface area contributed by atoms with E-state index in [1.807, 2.05) is 6.07 Å². The zero-order chi connectivity index (χ0) is 42.2. The summed E-state index contributed by atoms with van der Waals surface area (Å²) in [4.78, 5) is 2.35. The Labute approximate surface area is 372 Å². The van der Waals surface area contributed by atoms with Crippen LogP contribution >= 0.6 is 0 Å². The molecule has 3 nitrogen and oxygen atoms in total. The Morgan fingerprint density at radius 3 is 1.45 bits per heavy atom. The van der Waals surface area contributed by atoms with E-state index in [0.717, 1.165) is 67.3 Å². The van der Waals surface area contributed by atoms with E-state index in [9.17, 15) is 0 Å². The van der Waals surface area contributed by atoms with Gasteiger partial charge in [-0.2, -0.15) is 0 Å². The molecule has 0 unspecified atom stereocenters. The van der Waals surface area contributed by atoms with Gasteiger partial charge in [-0.3, -0.25) is 0 Å². The van der Waals surface area contributed by atoms with Gasteiger partial charge in [-0.1, -0.05) is 200 Å². The summed E-state index contributed by atoms with van der Waals surface area (Å²) in [5.41, 5.74) is 19.0. The van der Waals surface area contributed by atoms with Crippen LogP contribution in [-0.4, -0.2) is 0 Å². The highest BCUT2D eigenvalue weighted by molar-refractivity contribution is 5.99. The van der Waals surface area contributed by atoms with Crippen LogP contribution in [0.4, 0.5) is 17.1 Å². The van der Waals surface area contributed by atoms with Crippen LogP contribution in [0, 0.1) is 0 Å². The number of nitrogens with zero attached hydrogens (tertiary/aromatic N) is 1. The van der Waals surface area contributed by atoms with Gasteiger partial charge in [0.05, 0.1) is 16.8 Å². The molecule has 0 amide bonds. The minimum Gasteiger partial charge on any atom is -0.449 e. The summed E-state index contributed by atoms with van der Waals surface area (Å²) < 4.78 is 14.5. The summed E-state index contributed by atoms with van der Waals surface area (Å²) in [6.07, 6.45) is 0. The van der Waals surface area contributed by atoms with E-state index < -0.39 is 5.41 Å². The zero-order valence-corrected chi connectivity index (χ0v) is 34.8. The van der Waals surface area contributed by atoms with Crippen molar-refractivity contribution in [3.63, 3.8) is 0 Å². The molecule has 0 saturated heterocycles. The van der Waals surface area contributed by atoms with Gasteiger partial charge in [-0.05, 0) is 103 Å². The van der Waals surface area contributed by atoms with Crippen molar-refractivity contribution in [2.75, 3.05) is 4.90 Å². The summed E-state index contributed by atoms with van der Waals surface area (Å²) in [6, 6.07) is 84.7. The van der Waals surface area contributed by atoms with Crippen molar-refractivity contribution in [1.82, 2.24) is 0 Å². The maximum atomic E-state index is 7.50. The molecule has 10 aromatic rings. The summed E-state index contributed by atoms with van der Waals surface area (Å²) >= 11 is 0. The molecule has 13 rings (SSSR count). The molecule has 0 bridgehead atoms. The van der Waals surface area contributed by atoms with Crippen molar-refractivity contribution in [3.8, 4) is 78.6 Å². The minimum atomic E-state index is -0.508. The van der Waals surface area contributed by atoms with Crippen LogP contribution in [0.15, 0.2) is 237 Å². The average Bonchev–Trinajstić information content (AvgIpc) is 3.85. The summed E-state index contributed by atoms with van der Waals surface area (Å²) in [5.74, 6) is 2.74. The third-order valence-corrected chi connectivity index (χ3v) is 13.4. The standard InChI is InChI=1S/C61H39NO2/c1-4-19-40(20-5-1)44-36-35-43(39-49(44)42-23-8-3-9-24-42)62(54-32-17-13-25-45(54)41-21-6-2-7-22-41)55-33-18-34-56-59(55)64-60-57(63-56)38-37-53-58(60)48-28-12-16-31-52(48)61(53)50-29-14-10-26-46(50)47-27-11-15-30-51(47)61/h1-39H. The first-order chi connectivity index (χ1) is 31.8. The molecule has 10 aromatic carbocycles. The maximum Gasteiger partial charge on any atom is 0.194 e. The topological polar surface area (TPSA) is 21.7 Å². The third-order valence-electron chi connectivity index (χ3n) is 13.4. The van der Waals surface area contributed by atoms with Gasteiger partial charge in [0.25, 0.3) is 0 Å². The number of ether oxygens (including phenoxy) is 2. The Balaban J connectivity index is 1.04. The SMILES string of the molecule is c1ccc(-c2ccc(N(c3ccccc3-c3ccccc3)c3cccc4c3Oc3c(ccc5c3-c3ccccc3C53c5ccccc5-c5ccccc53)O4)cc2-c2ccccc2)cc1. The second kappa shape index (κ2) is 14.3. The average molecular weight is 818 g/mol. The van der Waals surface area contributed by atoms with Crippen LogP contribution in [0.2, 0.25) is 0 Å². The summed E-state index contributed by atoms with van der Waals surface area (Å²) in [6.45, 7) is 0. The number of para-hydroxylation sites is 2. The number of hydrogen-bond acceptors (Lipinski definition) is 3. The first-order valence-corrected chi connectivity index (χ1v) is 21.9. The fourth-order valence-electron chi connectivity index (χ4n) is 10.7. The number of hydrogen-bond donors (Lipinski definition) is 0. The van der Waals surface area contributed by atoms with Gasteiger partial charge in [0.2, 0.25) is 0 Å². The molecular weight excluding hydrogens is 779 g/mol. The van der Waals surface area contributed by atoms with Crippen LogP contribution in [0.5, 0.6) is 23.0 Å². The Morgan fingerprint density at radius 1 is 0.297 bits per heavy atom. The predicted octanol–water partition coefficient (Wildman–Crippen LogP) is 16.4. The molecule has 1 aliphatic heterocycles. The molecule has 0 aromatic heterocycles. The van der Waals surface area contributed by atoms with Crippen molar-refractivity contribution in [2.45, 2.75) is 5.41 Å². The highest BCUT2D eigenvalue weighted by atomic mass is 16.6. The molecule has 0 saturated carbocycles. The fourth-order valence-corrected chi connectivity index (χ4v) is 10.7. The second-order valence-corrected chi connectivity index (χ2v) is 16.7. The lowest BCUT2D eigenvalue weighted by atomic mass is 9.70. The zero-order valence-electron chi connectivity index (χ0n) is 34.8. The summed E-state index contributed by atoms with van der Waals surface area (Å²) in [5, 5.41) is 0. The van der Waals surface area contributed by atoms with Crippen molar-refractivity contribution in [3.05, 3.63) is 259 Å². The van der Waals surface area contributed by atoms with Gasteiger partial charge < -0.3 is 14.4 Å². The van der Waals surface area contributed by atoms with E-state index in [-0.39, 0.29) is 0 Å². The van der Waals surface area contributed by atoms with Crippen LogP contribution in [0.1, 0.15) is 22.3 Å². The van der Waals surface area contributed by atoms with Gasteiger partial charge in [0.15, 0.2) is 23.0 Å². The van der Waals surface area contributed by atoms with E-state index in [0.29, 0.717) is 17.2 Å². The normalized spacial score (nSPS) is 13.1. The van der Waals surface area contributed by atoms with Gasteiger partial charge in [-0.15, -0.1) is 0 Å². The first kappa shape index (κ1) is 36.3. The molecule has 300 valence electrons. The monoisotopic (exact) mass is 817 g/mol. The molecule has 0 N–H and O–H groups in total. The number of rotatable bonds is 6. The highest BCUT2D eigenvalue weighted by Gasteiger charge is 2.53. The Bertz CT molecular complexity index is 3400. The van der Waals surface area contributed by atoms with Gasteiger partial charge in [0, 0.05) is 16.8 Å². The van der Waals surface area contributed by atoms with E-state index >= 15 is 0 Å². The van der Waals surface area contributed by atoms with Crippen molar-refractivity contribution < 1.29 is 9.47 Å². The van der Waals surface area contributed by atoms with E-state index in [1.54, 1.807) is 0 Å². The largest absolute Gasteiger partial charge is 0.449 e. The number of fused-ring (bicyclic) bond motifs is 13. The minimum absolute atomic E-state index is 0.508. The van der Waals surface area contributed by atoms with Crippen molar-refractivity contribution >= 4 is 17.1 Å². The fraction of sp³-hybridized carbons (Fsp3) is 0.0164. The molecule has 0 radical (unpaired) electrons. The van der Waals surface area contributed by atoms with Gasteiger partial charge >= 0.3 is 0 Å². The Morgan fingerprint density at radius 2 is 0.797 bits per heavy atom. The molecule has 1 heterocycles. The number of anilines is 3. The lowest BCUT2D eigenvalue weighted by molar-refractivity contribution is 0.361. The van der Waals surface area contributed by atoms with Gasteiger partial charge in [-0.25, -0.2) is 0 Å². The lowest BCUT2D eigenvalue weighted by Crippen LogP contribution is -2.25. The molecule has 0 atom stereocenters. The van der Waals surface area contributed by atoms with E-state index in [4.69, 9.17) is 9.47 Å². The molecule has 1 spiro atoms. The maximum absolute atomic E-state index is 7.50. The molecule has 3 heteroatoms.